The topological polar surface area (TPSA) is 52.3 Å². The second kappa shape index (κ2) is 4.45. The van der Waals surface area contributed by atoms with Crippen LogP contribution in [0.3, 0.4) is 0 Å². The van der Waals surface area contributed by atoms with Crippen molar-refractivity contribution in [3.8, 4) is 5.75 Å². The molecule has 0 amide bonds. The highest BCUT2D eigenvalue weighted by Gasteiger charge is 2.26. The van der Waals surface area contributed by atoms with Crippen molar-refractivity contribution in [1.82, 2.24) is 0 Å². The first kappa shape index (κ1) is 11.7. The van der Waals surface area contributed by atoms with Gasteiger partial charge in [-0.3, -0.25) is 4.79 Å². The minimum absolute atomic E-state index is 0.0453. The van der Waals surface area contributed by atoms with Crippen LogP contribution in [0.15, 0.2) is 24.3 Å². The number of benzene rings is 1. The highest BCUT2D eigenvalue weighted by Crippen LogP contribution is 2.22. The quantitative estimate of drug-likeness (QED) is 0.767. The number of rotatable bonds is 4. The molecule has 0 fully saturated rings. The molecule has 15 heavy (non-hydrogen) atoms. The molecule has 82 valence electrons. The molecule has 3 nitrogen and oxygen atoms in total. The van der Waals surface area contributed by atoms with E-state index in [0.29, 0.717) is 17.9 Å². The summed E-state index contributed by atoms with van der Waals surface area (Å²) in [5, 5.41) is 0. The monoisotopic (exact) mass is 207 g/mol. The number of Topliss-reactive ketones (excluding diaryl/α,β-unsaturated/α-hetero) is 1. The zero-order chi connectivity index (χ0) is 11.5. The molecule has 1 aromatic rings. The van der Waals surface area contributed by atoms with E-state index < -0.39 is 5.41 Å². The van der Waals surface area contributed by atoms with Gasteiger partial charge in [0.1, 0.15) is 5.75 Å². The first-order chi connectivity index (χ1) is 7.01. The molecule has 0 bridgehead atoms. The molecule has 0 saturated heterocycles. The second-order valence-corrected chi connectivity index (χ2v) is 4.15. The molecule has 0 heterocycles. The summed E-state index contributed by atoms with van der Waals surface area (Å²) in [5.41, 5.74) is 5.68. The Labute approximate surface area is 90.2 Å². The van der Waals surface area contributed by atoms with E-state index in [2.05, 4.69) is 0 Å². The predicted octanol–water partition coefficient (Wildman–Crippen LogP) is 1.86. The molecule has 1 aromatic carbocycles. The molecule has 0 atom stereocenters. The molecule has 0 saturated carbocycles. The van der Waals surface area contributed by atoms with Gasteiger partial charge in [-0.05, 0) is 12.1 Å². The summed E-state index contributed by atoms with van der Waals surface area (Å²) in [4.78, 5) is 12.0. The van der Waals surface area contributed by atoms with Gasteiger partial charge >= 0.3 is 0 Å². The van der Waals surface area contributed by atoms with Crippen LogP contribution in [-0.2, 0) is 0 Å². The van der Waals surface area contributed by atoms with Crippen LogP contribution in [0.4, 0.5) is 0 Å². The fourth-order valence-electron chi connectivity index (χ4n) is 1.25. The first-order valence-electron chi connectivity index (χ1n) is 4.90. The van der Waals surface area contributed by atoms with Crippen LogP contribution in [0.2, 0.25) is 0 Å². The van der Waals surface area contributed by atoms with Crippen LogP contribution in [-0.4, -0.2) is 19.4 Å². The Morgan fingerprint density at radius 2 is 2.13 bits per heavy atom. The number of ether oxygens (including phenoxy) is 1. The molecule has 0 spiro atoms. The molecular formula is C12H17NO2. The molecular weight excluding hydrogens is 190 g/mol. The lowest BCUT2D eigenvalue weighted by Crippen LogP contribution is -2.32. The maximum atomic E-state index is 12.0. The standard InChI is InChI=1S/C12H17NO2/c1-12(2,8-13)11(14)9-5-4-6-10(7-9)15-3/h4-7H,8,13H2,1-3H3. The number of carbonyl (C=O) groups excluding carboxylic acids is 1. The zero-order valence-electron chi connectivity index (χ0n) is 9.41. The minimum Gasteiger partial charge on any atom is -0.497 e. The summed E-state index contributed by atoms with van der Waals surface area (Å²) in [6.45, 7) is 4.02. The molecule has 2 N–H and O–H groups in total. The van der Waals surface area contributed by atoms with Gasteiger partial charge in [-0.25, -0.2) is 0 Å². The fraction of sp³-hybridized carbons (Fsp3) is 0.417. The van der Waals surface area contributed by atoms with Gasteiger partial charge in [-0.1, -0.05) is 26.0 Å². The Kier molecular flexibility index (Phi) is 3.48. The lowest BCUT2D eigenvalue weighted by atomic mass is 9.84. The van der Waals surface area contributed by atoms with Crippen LogP contribution in [0, 0.1) is 5.41 Å². The number of ketones is 1. The van der Waals surface area contributed by atoms with Crippen molar-refractivity contribution < 1.29 is 9.53 Å². The van der Waals surface area contributed by atoms with Gasteiger partial charge in [0.25, 0.3) is 0 Å². The Morgan fingerprint density at radius 3 is 2.67 bits per heavy atom. The average Bonchev–Trinajstić information content (AvgIpc) is 2.28. The van der Waals surface area contributed by atoms with Gasteiger partial charge in [-0.2, -0.15) is 0 Å². The Balaban J connectivity index is 3.01. The van der Waals surface area contributed by atoms with Gasteiger partial charge in [-0.15, -0.1) is 0 Å². The van der Waals surface area contributed by atoms with E-state index >= 15 is 0 Å². The molecule has 0 radical (unpaired) electrons. The predicted molar refractivity (Wildman–Crippen MR) is 60.2 cm³/mol. The van der Waals surface area contributed by atoms with E-state index in [9.17, 15) is 4.79 Å². The van der Waals surface area contributed by atoms with Gasteiger partial charge in [0.2, 0.25) is 0 Å². The maximum Gasteiger partial charge on any atom is 0.169 e. The Morgan fingerprint density at radius 1 is 1.47 bits per heavy atom. The maximum absolute atomic E-state index is 12.0. The van der Waals surface area contributed by atoms with E-state index in [1.54, 1.807) is 25.3 Å². The van der Waals surface area contributed by atoms with Crippen LogP contribution in [0.1, 0.15) is 24.2 Å². The van der Waals surface area contributed by atoms with E-state index in [-0.39, 0.29) is 5.78 Å². The number of methoxy groups -OCH3 is 1. The van der Waals surface area contributed by atoms with Gasteiger partial charge in [0.05, 0.1) is 7.11 Å². The van der Waals surface area contributed by atoms with Crippen molar-refractivity contribution in [1.29, 1.82) is 0 Å². The summed E-state index contributed by atoms with van der Waals surface area (Å²) in [5.74, 6) is 0.734. The van der Waals surface area contributed by atoms with Gasteiger partial charge < -0.3 is 10.5 Å². The van der Waals surface area contributed by atoms with E-state index in [1.165, 1.54) is 0 Å². The number of hydrogen-bond acceptors (Lipinski definition) is 3. The molecule has 0 aliphatic heterocycles. The highest BCUT2D eigenvalue weighted by atomic mass is 16.5. The van der Waals surface area contributed by atoms with Gasteiger partial charge in [0.15, 0.2) is 5.78 Å². The van der Waals surface area contributed by atoms with Crippen molar-refractivity contribution in [2.45, 2.75) is 13.8 Å². The third-order valence-electron chi connectivity index (χ3n) is 2.46. The third kappa shape index (κ3) is 2.57. The summed E-state index contributed by atoms with van der Waals surface area (Å²) in [6.07, 6.45) is 0. The molecule has 0 aliphatic rings. The molecule has 0 unspecified atom stereocenters. The zero-order valence-corrected chi connectivity index (χ0v) is 9.41. The largest absolute Gasteiger partial charge is 0.497 e. The molecule has 0 aliphatic carbocycles. The van der Waals surface area contributed by atoms with Crippen molar-refractivity contribution in [2.75, 3.05) is 13.7 Å². The number of nitrogens with two attached hydrogens (primary N) is 1. The average molecular weight is 207 g/mol. The summed E-state index contributed by atoms with van der Waals surface area (Å²) in [7, 11) is 1.58. The Hall–Kier alpha value is -1.35. The van der Waals surface area contributed by atoms with Crippen molar-refractivity contribution in [3.63, 3.8) is 0 Å². The highest BCUT2D eigenvalue weighted by molar-refractivity contribution is 6.00. The molecule has 0 aromatic heterocycles. The van der Waals surface area contributed by atoms with Crippen LogP contribution >= 0.6 is 0 Å². The Bertz CT molecular complexity index is 358. The number of carbonyl (C=O) groups is 1. The normalized spacial score (nSPS) is 11.2. The van der Waals surface area contributed by atoms with Crippen molar-refractivity contribution >= 4 is 5.78 Å². The van der Waals surface area contributed by atoms with E-state index in [1.807, 2.05) is 19.9 Å². The summed E-state index contributed by atoms with van der Waals surface area (Å²) >= 11 is 0. The summed E-state index contributed by atoms with van der Waals surface area (Å²) in [6, 6.07) is 7.13. The SMILES string of the molecule is COc1cccc(C(=O)C(C)(C)CN)c1. The summed E-state index contributed by atoms with van der Waals surface area (Å²) < 4.78 is 5.07. The lowest BCUT2D eigenvalue weighted by molar-refractivity contribution is 0.0847. The lowest BCUT2D eigenvalue weighted by Gasteiger charge is -2.20. The minimum atomic E-state index is -0.521. The first-order valence-corrected chi connectivity index (χ1v) is 4.90. The van der Waals surface area contributed by atoms with Gasteiger partial charge in [0, 0.05) is 17.5 Å². The van der Waals surface area contributed by atoms with Crippen molar-refractivity contribution in [2.24, 2.45) is 11.1 Å². The fourth-order valence-corrected chi connectivity index (χ4v) is 1.25. The third-order valence-corrected chi connectivity index (χ3v) is 2.46. The van der Waals surface area contributed by atoms with Crippen molar-refractivity contribution in [3.05, 3.63) is 29.8 Å². The molecule has 3 heteroatoms. The van der Waals surface area contributed by atoms with Crippen LogP contribution in [0.5, 0.6) is 5.75 Å². The smallest absolute Gasteiger partial charge is 0.169 e. The molecule has 1 rings (SSSR count). The van der Waals surface area contributed by atoms with Crippen LogP contribution < -0.4 is 10.5 Å². The van der Waals surface area contributed by atoms with E-state index in [0.717, 1.165) is 0 Å². The van der Waals surface area contributed by atoms with E-state index in [4.69, 9.17) is 10.5 Å². The number of hydrogen-bond donors (Lipinski definition) is 1. The van der Waals surface area contributed by atoms with Crippen LogP contribution in [0.25, 0.3) is 0 Å². The second-order valence-electron chi connectivity index (χ2n) is 4.15.